The van der Waals surface area contributed by atoms with E-state index in [1.165, 1.54) is 11.3 Å². The van der Waals surface area contributed by atoms with E-state index in [-0.39, 0.29) is 17.9 Å². The molecular weight excluding hydrogens is 332 g/mol. The summed E-state index contributed by atoms with van der Waals surface area (Å²) < 4.78 is 5.90. The number of aromatic nitrogens is 1. The van der Waals surface area contributed by atoms with Crippen LogP contribution < -0.4 is 11.1 Å². The van der Waals surface area contributed by atoms with Gasteiger partial charge in [-0.05, 0) is 26.2 Å². The highest BCUT2D eigenvalue weighted by Crippen LogP contribution is 2.47. The summed E-state index contributed by atoms with van der Waals surface area (Å²) in [5, 5.41) is 6.29. The Morgan fingerprint density at radius 2 is 2.35 bits per heavy atom. The standard InChI is InChI=1S/C15H20N4O2S2/c1-8-4-10-5-23-14(16)19-15(10,7-21-8)13-18-11(6-22-13)17-12(20)9-2-3-9/h6,8-10H,2-5,7H2,1H3,(H2,16,19)(H,17,20)/t8-,10-,15?/m0/s1. The molecule has 1 aliphatic carbocycles. The molecule has 3 heterocycles. The molecule has 0 radical (unpaired) electrons. The Morgan fingerprint density at radius 3 is 3.13 bits per heavy atom. The second-order valence-corrected chi connectivity index (χ2v) is 8.44. The molecule has 2 aliphatic heterocycles. The predicted octanol–water partition coefficient (Wildman–Crippen LogP) is 2.17. The number of nitrogens with two attached hydrogens (primary N) is 1. The van der Waals surface area contributed by atoms with E-state index in [2.05, 4.69) is 17.2 Å². The Labute approximate surface area is 143 Å². The SMILES string of the molecule is C[C@H]1C[C@H]2CSC(N)=NC2(c2nc(NC(=O)C3CC3)cs2)CO1. The fourth-order valence-electron chi connectivity index (χ4n) is 3.18. The maximum Gasteiger partial charge on any atom is 0.228 e. The third-order valence-corrected chi connectivity index (χ3v) is 6.66. The number of carbonyl (C=O) groups is 1. The van der Waals surface area contributed by atoms with Gasteiger partial charge in [-0.15, -0.1) is 11.3 Å². The van der Waals surface area contributed by atoms with Gasteiger partial charge in [0, 0.05) is 23.0 Å². The first-order chi connectivity index (χ1) is 11.1. The van der Waals surface area contributed by atoms with Gasteiger partial charge in [0.05, 0.1) is 12.7 Å². The summed E-state index contributed by atoms with van der Waals surface area (Å²) in [7, 11) is 0. The van der Waals surface area contributed by atoms with Crippen LogP contribution in [0.25, 0.3) is 0 Å². The molecular formula is C15H20N4O2S2. The molecule has 1 aromatic rings. The van der Waals surface area contributed by atoms with E-state index < -0.39 is 5.54 Å². The number of anilines is 1. The van der Waals surface area contributed by atoms with Crippen molar-refractivity contribution in [1.29, 1.82) is 0 Å². The average Bonchev–Trinajstić information content (AvgIpc) is 3.28. The first-order valence-electron chi connectivity index (χ1n) is 7.93. The molecule has 8 heteroatoms. The van der Waals surface area contributed by atoms with Gasteiger partial charge in [-0.2, -0.15) is 0 Å². The second kappa shape index (κ2) is 5.75. The molecule has 0 spiro atoms. The van der Waals surface area contributed by atoms with Crippen LogP contribution in [0.5, 0.6) is 0 Å². The fourth-order valence-corrected chi connectivity index (χ4v) is 5.16. The van der Waals surface area contributed by atoms with Crippen molar-refractivity contribution in [3.63, 3.8) is 0 Å². The molecule has 124 valence electrons. The number of rotatable bonds is 3. The number of thiazole rings is 1. The van der Waals surface area contributed by atoms with Crippen LogP contribution in [0.3, 0.4) is 0 Å². The zero-order valence-corrected chi connectivity index (χ0v) is 14.6. The van der Waals surface area contributed by atoms with Gasteiger partial charge >= 0.3 is 0 Å². The third-order valence-electron chi connectivity index (χ3n) is 4.70. The Hall–Kier alpha value is -1.12. The van der Waals surface area contributed by atoms with Crippen molar-refractivity contribution in [2.75, 3.05) is 17.7 Å². The van der Waals surface area contributed by atoms with Gasteiger partial charge in [0.1, 0.15) is 16.4 Å². The van der Waals surface area contributed by atoms with Crippen molar-refractivity contribution in [2.24, 2.45) is 22.6 Å². The van der Waals surface area contributed by atoms with Gasteiger partial charge in [-0.25, -0.2) is 9.98 Å². The van der Waals surface area contributed by atoms with Crippen molar-refractivity contribution < 1.29 is 9.53 Å². The highest BCUT2D eigenvalue weighted by molar-refractivity contribution is 8.13. The number of amidine groups is 1. The minimum atomic E-state index is -0.491. The van der Waals surface area contributed by atoms with Crippen LogP contribution in [-0.4, -0.2) is 34.5 Å². The Morgan fingerprint density at radius 1 is 1.52 bits per heavy atom. The van der Waals surface area contributed by atoms with Gasteiger partial charge in [0.25, 0.3) is 0 Å². The monoisotopic (exact) mass is 352 g/mol. The smallest absolute Gasteiger partial charge is 0.228 e. The average molecular weight is 352 g/mol. The molecule has 1 saturated carbocycles. The molecule has 1 aromatic heterocycles. The zero-order chi connectivity index (χ0) is 16.0. The van der Waals surface area contributed by atoms with Crippen LogP contribution in [0.15, 0.2) is 10.4 Å². The summed E-state index contributed by atoms with van der Waals surface area (Å²) in [5.74, 6) is 2.17. The van der Waals surface area contributed by atoms with Gasteiger partial charge in [0.15, 0.2) is 5.17 Å². The van der Waals surface area contributed by atoms with Crippen LogP contribution in [0.4, 0.5) is 5.82 Å². The molecule has 1 unspecified atom stereocenters. The number of thioether (sulfide) groups is 1. The van der Waals surface area contributed by atoms with E-state index in [9.17, 15) is 4.79 Å². The summed E-state index contributed by atoms with van der Waals surface area (Å²) >= 11 is 3.14. The molecule has 3 atom stereocenters. The highest BCUT2D eigenvalue weighted by Gasteiger charge is 2.49. The van der Waals surface area contributed by atoms with Gasteiger partial charge in [-0.3, -0.25) is 4.79 Å². The quantitative estimate of drug-likeness (QED) is 0.870. The summed E-state index contributed by atoms with van der Waals surface area (Å²) in [6, 6.07) is 0. The molecule has 1 amide bonds. The normalized spacial score (nSPS) is 33.7. The number of hydrogen-bond acceptors (Lipinski definition) is 7. The number of nitrogens with one attached hydrogen (secondary N) is 1. The Balaban J connectivity index is 1.62. The molecule has 6 nitrogen and oxygen atoms in total. The van der Waals surface area contributed by atoms with E-state index >= 15 is 0 Å². The van der Waals surface area contributed by atoms with Crippen LogP contribution in [-0.2, 0) is 15.1 Å². The van der Waals surface area contributed by atoms with E-state index in [1.54, 1.807) is 11.8 Å². The lowest BCUT2D eigenvalue weighted by molar-refractivity contribution is -0.117. The van der Waals surface area contributed by atoms with E-state index in [0.29, 0.717) is 23.5 Å². The summed E-state index contributed by atoms with van der Waals surface area (Å²) in [6.07, 6.45) is 3.15. The lowest BCUT2D eigenvalue weighted by Gasteiger charge is -2.44. The van der Waals surface area contributed by atoms with Gasteiger partial charge in [-0.1, -0.05) is 11.8 Å². The summed E-state index contributed by atoms with van der Waals surface area (Å²) in [5.41, 5.74) is 5.51. The molecule has 3 aliphatic rings. The second-order valence-electron chi connectivity index (χ2n) is 6.54. The topological polar surface area (TPSA) is 89.6 Å². The van der Waals surface area contributed by atoms with Crippen molar-refractivity contribution in [3.8, 4) is 0 Å². The molecule has 0 aromatic carbocycles. The fraction of sp³-hybridized carbons (Fsp3) is 0.667. The van der Waals surface area contributed by atoms with Crippen LogP contribution in [0.2, 0.25) is 0 Å². The number of hydrogen-bond donors (Lipinski definition) is 2. The summed E-state index contributed by atoms with van der Waals surface area (Å²) in [6.45, 7) is 2.60. The van der Waals surface area contributed by atoms with E-state index in [1.807, 2.05) is 5.38 Å². The largest absolute Gasteiger partial charge is 0.379 e. The Bertz CT molecular complexity index is 658. The minimum absolute atomic E-state index is 0.0756. The summed E-state index contributed by atoms with van der Waals surface area (Å²) in [4.78, 5) is 21.3. The number of carbonyl (C=O) groups excluding carboxylic acids is 1. The first-order valence-corrected chi connectivity index (χ1v) is 9.80. The van der Waals surface area contributed by atoms with Crippen LogP contribution in [0, 0.1) is 11.8 Å². The molecule has 2 fully saturated rings. The highest BCUT2D eigenvalue weighted by atomic mass is 32.2. The van der Waals surface area contributed by atoms with E-state index in [4.69, 9.17) is 15.5 Å². The van der Waals surface area contributed by atoms with E-state index in [0.717, 1.165) is 30.0 Å². The van der Waals surface area contributed by atoms with Crippen molar-refractivity contribution in [1.82, 2.24) is 4.98 Å². The number of fused-ring (bicyclic) bond motifs is 1. The number of ether oxygens (including phenoxy) is 1. The molecule has 1 saturated heterocycles. The van der Waals surface area contributed by atoms with Crippen molar-refractivity contribution >= 4 is 40.0 Å². The maximum atomic E-state index is 11.9. The van der Waals surface area contributed by atoms with Crippen molar-refractivity contribution in [2.45, 2.75) is 37.8 Å². The lowest BCUT2D eigenvalue weighted by atomic mass is 9.80. The van der Waals surface area contributed by atoms with Gasteiger partial charge < -0.3 is 15.8 Å². The third kappa shape index (κ3) is 2.88. The predicted molar refractivity (Wildman–Crippen MR) is 92.7 cm³/mol. The number of nitrogens with zero attached hydrogens (tertiary/aromatic N) is 2. The van der Waals surface area contributed by atoms with Crippen LogP contribution >= 0.6 is 23.1 Å². The molecule has 4 rings (SSSR count). The lowest BCUT2D eigenvalue weighted by Crippen LogP contribution is -2.49. The maximum absolute atomic E-state index is 11.9. The van der Waals surface area contributed by atoms with Crippen LogP contribution in [0.1, 0.15) is 31.2 Å². The number of aliphatic imine (C=N–C) groups is 1. The molecule has 0 bridgehead atoms. The zero-order valence-electron chi connectivity index (χ0n) is 12.9. The Kier molecular flexibility index (Phi) is 3.85. The molecule has 3 N–H and O–H groups in total. The molecule has 23 heavy (non-hydrogen) atoms. The number of amides is 1. The minimum Gasteiger partial charge on any atom is -0.379 e. The van der Waals surface area contributed by atoms with Crippen molar-refractivity contribution in [3.05, 3.63) is 10.4 Å². The van der Waals surface area contributed by atoms with Gasteiger partial charge in [0.2, 0.25) is 5.91 Å². The first kappa shape index (κ1) is 15.4.